The van der Waals surface area contributed by atoms with E-state index in [0.717, 1.165) is 97.0 Å². The molecule has 4 heterocycles. The number of methoxy groups -OCH3 is 2. The fourth-order valence-corrected chi connectivity index (χ4v) is 7.70. The van der Waals surface area contributed by atoms with Crippen LogP contribution in [0.25, 0.3) is 44.6 Å². The van der Waals surface area contributed by atoms with Crippen molar-refractivity contribution < 1.29 is 23.9 Å². The third-order valence-corrected chi connectivity index (χ3v) is 11.2. The second-order valence-electron chi connectivity index (χ2n) is 14.8. The van der Waals surface area contributed by atoms with Gasteiger partial charge < -0.3 is 29.5 Å². The van der Waals surface area contributed by atoms with Crippen molar-refractivity contribution in [3.05, 3.63) is 108 Å². The predicted octanol–water partition coefficient (Wildman–Crippen LogP) is 6.80. The van der Waals surface area contributed by atoms with Gasteiger partial charge in [-0.15, -0.1) is 0 Å². The second kappa shape index (κ2) is 18.4. The summed E-state index contributed by atoms with van der Waals surface area (Å²) < 4.78 is 9.69. The lowest BCUT2D eigenvalue weighted by Gasteiger charge is -2.37. The lowest BCUT2D eigenvalue weighted by atomic mass is 10.0. The molecule has 304 valence electrons. The number of nitrogens with zero attached hydrogens (tertiary/aromatic N) is 7. The fourth-order valence-electron chi connectivity index (χ4n) is 7.70. The summed E-state index contributed by atoms with van der Waals surface area (Å²) in [6, 6.07) is 31.5. The zero-order valence-electron chi connectivity index (χ0n) is 34.2. The zero-order valence-corrected chi connectivity index (χ0v) is 34.2. The maximum absolute atomic E-state index is 12.0. The van der Waals surface area contributed by atoms with Crippen molar-refractivity contribution in [3.63, 3.8) is 0 Å². The number of fused-ring (bicyclic) bond motifs is 2. The van der Waals surface area contributed by atoms with Crippen LogP contribution in [0.1, 0.15) is 53.3 Å². The van der Waals surface area contributed by atoms with Gasteiger partial charge in [-0.3, -0.25) is 4.79 Å². The number of rotatable bonds is 8. The number of amides is 1. The Labute approximate surface area is 344 Å². The van der Waals surface area contributed by atoms with Crippen LogP contribution in [0.5, 0.6) is 0 Å². The van der Waals surface area contributed by atoms with Gasteiger partial charge in [-0.1, -0.05) is 60.7 Å². The standard InChI is InChI=1S/C24H26N4O3.C22H24N4O2/c1-16(29)27(2)19-11-13-28(14-12-19)23-22(17-7-5-4-6-8-17)25-20-10-9-18(24(30)31-3)15-21(20)26-23;1-23-17-10-12-26(13-11-17)21-20(15-6-4-3-5-7-15)24-18-9-8-16(22(27)28-2)14-19(18)25-21/h4-10,15,19H,11-14H2,1-3H3;3-9,14,17,23H,10-13H2,1-2H3. The molecule has 2 fully saturated rings. The van der Waals surface area contributed by atoms with Gasteiger partial charge in [0.25, 0.3) is 0 Å². The molecule has 0 atom stereocenters. The van der Waals surface area contributed by atoms with Gasteiger partial charge >= 0.3 is 11.9 Å². The Morgan fingerprint density at radius 1 is 0.610 bits per heavy atom. The van der Waals surface area contributed by atoms with E-state index in [2.05, 4.69) is 27.2 Å². The minimum Gasteiger partial charge on any atom is -0.465 e. The van der Waals surface area contributed by atoms with Crippen LogP contribution in [0, 0.1) is 0 Å². The molecule has 2 saturated heterocycles. The van der Waals surface area contributed by atoms with E-state index in [4.69, 9.17) is 29.4 Å². The molecular formula is C46H50N8O5. The monoisotopic (exact) mass is 794 g/mol. The molecule has 6 aromatic rings. The number of nitrogens with one attached hydrogen (secondary N) is 1. The molecule has 1 amide bonds. The lowest BCUT2D eigenvalue weighted by molar-refractivity contribution is -0.129. The van der Waals surface area contributed by atoms with Crippen LogP contribution in [-0.4, -0.2) is 109 Å². The lowest BCUT2D eigenvalue weighted by Crippen LogP contribution is -2.45. The predicted molar refractivity (Wildman–Crippen MR) is 231 cm³/mol. The Bertz CT molecular complexity index is 2430. The molecule has 2 aromatic heterocycles. The highest BCUT2D eigenvalue weighted by Crippen LogP contribution is 2.34. The Balaban J connectivity index is 0.000000180. The van der Waals surface area contributed by atoms with Crippen LogP contribution in [0.4, 0.5) is 11.6 Å². The number of carbonyl (C=O) groups excluding carboxylic acids is 3. The van der Waals surface area contributed by atoms with Gasteiger partial charge in [-0.05, 0) is 69.1 Å². The molecule has 0 aliphatic carbocycles. The summed E-state index contributed by atoms with van der Waals surface area (Å²) in [5, 5.41) is 3.36. The molecule has 13 nitrogen and oxygen atoms in total. The smallest absolute Gasteiger partial charge is 0.337 e. The molecular weight excluding hydrogens is 745 g/mol. The topological polar surface area (TPSA) is 143 Å². The number of ether oxygens (including phenoxy) is 2. The summed E-state index contributed by atoms with van der Waals surface area (Å²) in [6.45, 7) is 5.00. The number of hydrogen-bond donors (Lipinski definition) is 1. The van der Waals surface area contributed by atoms with Crippen LogP contribution >= 0.6 is 0 Å². The normalized spacial score (nSPS) is 14.7. The first kappa shape index (κ1) is 40.7. The highest BCUT2D eigenvalue weighted by Gasteiger charge is 2.27. The average molecular weight is 795 g/mol. The Kier molecular flexibility index (Phi) is 12.7. The summed E-state index contributed by atoms with van der Waals surface area (Å²) in [5.74, 6) is 0.988. The molecule has 0 saturated carbocycles. The zero-order chi connectivity index (χ0) is 41.5. The van der Waals surface area contributed by atoms with Crippen LogP contribution in [0.3, 0.4) is 0 Å². The summed E-state index contributed by atoms with van der Waals surface area (Å²) in [4.78, 5) is 61.7. The quantitative estimate of drug-likeness (QED) is 0.162. The van der Waals surface area contributed by atoms with Gasteiger partial charge in [0.1, 0.15) is 11.4 Å². The van der Waals surface area contributed by atoms with Crippen LogP contribution in [0.2, 0.25) is 0 Å². The molecule has 2 aliphatic heterocycles. The Morgan fingerprint density at radius 3 is 1.42 bits per heavy atom. The van der Waals surface area contributed by atoms with E-state index in [9.17, 15) is 14.4 Å². The van der Waals surface area contributed by atoms with Crippen LogP contribution in [-0.2, 0) is 14.3 Å². The van der Waals surface area contributed by atoms with Crippen molar-refractivity contribution in [1.82, 2.24) is 30.2 Å². The SMILES string of the molecule is CNC1CCN(c2nc3cc(C(=O)OC)ccc3nc2-c2ccccc2)CC1.COC(=O)c1ccc2nc(-c3ccccc3)c(N3CCC(N(C)C(C)=O)CC3)nc2c1. The van der Waals surface area contributed by atoms with Gasteiger partial charge in [0.15, 0.2) is 11.6 Å². The van der Waals surface area contributed by atoms with Crippen LogP contribution in [0.15, 0.2) is 97.1 Å². The largest absolute Gasteiger partial charge is 0.465 e. The van der Waals surface area contributed by atoms with E-state index in [1.54, 1.807) is 37.3 Å². The summed E-state index contributed by atoms with van der Waals surface area (Å²) in [5.41, 5.74) is 7.50. The van der Waals surface area contributed by atoms with E-state index in [1.165, 1.54) is 14.2 Å². The molecule has 8 rings (SSSR count). The molecule has 4 aromatic carbocycles. The maximum atomic E-state index is 12.0. The van der Waals surface area contributed by atoms with E-state index >= 15 is 0 Å². The number of esters is 2. The average Bonchev–Trinajstić information content (AvgIpc) is 3.30. The molecule has 0 radical (unpaired) electrons. The fraction of sp³-hybridized carbons (Fsp3) is 0.326. The van der Waals surface area contributed by atoms with Gasteiger partial charge in [0.2, 0.25) is 5.91 Å². The van der Waals surface area contributed by atoms with Gasteiger partial charge in [-0.2, -0.15) is 0 Å². The van der Waals surface area contributed by atoms with Gasteiger partial charge in [0.05, 0.1) is 47.4 Å². The molecule has 1 N–H and O–H groups in total. The van der Waals surface area contributed by atoms with E-state index in [1.807, 2.05) is 73.6 Å². The molecule has 59 heavy (non-hydrogen) atoms. The molecule has 2 aliphatic rings. The van der Waals surface area contributed by atoms with Gasteiger partial charge in [0, 0.05) is 63.4 Å². The highest BCUT2D eigenvalue weighted by atomic mass is 16.5. The first-order valence-corrected chi connectivity index (χ1v) is 20.0. The summed E-state index contributed by atoms with van der Waals surface area (Å²) in [7, 11) is 6.63. The number of aromatic nitrogens is 4. The summed E-state index contributed by atoms with van der Waals surface area (Å²) in [6.07, 6.45) is 3.86. The van der Waals surface area contributed by atoms with Crippen molar-refractivity contribution in [1.29, 1.82) is 0 Å². The number of benzene rings is 4. The number of piperidine rings is 2. The first-order chi connectivity index (χ1) is 28.7. The summed E-state index contributed by atoms with van der Waals surface area (Å²) >= 11 is 0. The molecule has 13 heteroatoms. The van der Waals surface area contributed by atoms with Crippen molar-refractivity contribution in [2.45, 2.75) is 44.7 Å². The van der Waals surface area contributed by atoms with E-state index in [0.29, 0.717) is 28.2 Å². The first-order valence-electron chi connectivity index (χ1n) is 20.0. The highest BCUT2D eigenvalue weighted by molar-refractivity contribution is 5.95. The second-order valence-corrected chi connectivity index (χ2v) is 14.8. The molecule has 0 bridgehead atoms. The number of anilines is 2. The minimum atomic E-state index is -0.398. The van der Waals surface area contributed by atoms with Crippen molar-refractivity contribution in [2.24, 2.45) is 0 Å². The van der Waals surface area contributed by atoms with Crippen LogP contribution < -0.4 is 15.1 Å². The van der Waals surface area contributed by atoms with Crippen molar-refractivity contribution in [3.8, 4) is 22.5 Å². The molecule has 0 spiro atoms. The number of carbonyl (C=O) groups is 3. The van der Waals surface area contributed by atoms with Crippen molar-refractivity contribution in [2.75, 3.05) is 64.3 Å². The van der Waals surface area contributed by atoms with Gasteiger partial charge in [-0.25, -0.2) is 29.5 Å². The molecule has 0 unspecified atom stereocenters. The van der Waals surface area contributed by atoms with Crippen molar-refractivity contribution >= 4 is 51.5 Å². The minimum absolute atomic E-state index is 0.0873. The van der Waals surface area contributed by atoms with E-state index in [-0.39, 0.29) is 17.9 Å². The number of hydrogen-bond acceptors (Lipinski definition) is 12. The Morgan fingerprint density at radius 2 is 1.03 bits per heavy atom. The maximum Gasteiger partial charge on any atom is 0.337 e. The Hall–Kier alpha value is -6.47. The third kappa shape index (κ3) is 9.15. The third-order valence-electron chi connectivity index (χ3n) is 11.2. The van der Waals surface area contributed by atoms with E-state index < -0.39 is 5.97 Å².